The minimum Gasteiger partial charge on any atom is -0.479 e. The highest BCUT2D eigenvalue weighted by Gasteiger charge is 2.30. The van der Waals surface area contributed by atoms with Crippen LogP contribution in [0.15, 0.2) is 42.2 Å². The van der Waals surface area contributed by atoms with Gasteiger partial charge < -0.3 is 14.2 Å². The summed E-state index contributed by atoms with van der Waals surface area (Å²) < 4.78 is 16.6. The molecule has 2 aromatic carbocycles. The molecule has 5 nitrogen and oxygen atoms in total. The molecule has 1 aliphatic rings. The van der Waals surface area contributed by atoms with E-state index >= 15 is 0 Å². The molecular formula is C24H26O5. The highest BCUT2D eigenvalue weighted by molar-refractivity contribution is 6.15. The molecular weight excluding hydrogens is 368 g/mol. The Kier molecular flexibility index (Phi) is 6.06. The first-order valence-corrected chi connectivity index (χ1v) is 9.83. The third kappa shape index (κ3) is 4.34. The normalized spacial score (nSPS) is 15.2. The molecule has 1 unspecified atom stereocenters. The van der Waals surface area contributed by atoms with Crippen molar-refractivity contribution in [2.75, 3.05) is 6.61 Å². The number of fused-ring (bicyclic) bond motifs is 1. The van der Waals surface area contributed by atoms with Crippen molar-refractivity contribution in [1.29, 1.82) is 0 Å². The van der Waals surface area contributed by atoms with Crippen LogP contribution < -0.4 is 9.47 Å². The Morgan fingerprint density at radius 1 is 1.10 bits per heavy atom. The van der Waals surface area contributed by atoms with Crippen molar-refractivity contribution < 1.29 is 23.8 Å². The molecule has 0 saturated carbocycles. The van der Waals surface area contributed by atoms with E-state index in [1.807, 2.05) is 12.1 Å². The van der Waals surface area contributed by atoms with Crippen LogP contribution in [0.3, 0.4) is 0 Å². The summed E-state index contributed by atoms with van der Waals surface area (Å²) >= 11 is 0. The molecule has 1 heterocycles. The summed E-state index contributed by atoms with van der Waals surface area (Å²) in [4.78, 5) is 24.6. The van der Waals surface area contributed by atoms with Gasteiger partial charge in [-0.05, 0) is 56.0 Å². The molecule has 3 rings (SSSR count). The van der Waals surface area contributed by atoms with E-state index in [9.17, 15) is 9.59 Å². The number of Topliss-reactive ketones (excluding diaryl/α,β-unsaturated/α-hetero) is 1. The van der Waals surface area contributed by atoms with Crippen molar-refractivity contribution in [3.63, 3.8) is 0 Å². The highest BCUT2D eigenvalue weighted by Crippen LogP contribution is 2.39. The maximum Gasteiger partial charge on any atom is 0.347 e. The van der Waals surface area contributed by atoms with Crippen LogP contribution >= 0.6 is 0 Å². The molecule has 1 atom stereocenters. The van der Waals surface area contributed by atoms with E-state index < -0.39 is 12.1 Å². The maximum absolute atomic E-state index is 12.7. The Balaban J connectivity index is 1.83. The zero-order valence-corrected chi connectivity index (χ0v) is 17.4. The molecule has 0 spiro atoms. The van der Waals surface area contributed by atoms with Crippen LogP contribution in [0.5, 0.6) is 11.5 Å². The molecule has 152 valence electrons. The minimum atomic E-state index is -0.752. The summed E-state index contributed by atoms with van der Waals surface area (Å²) in [6, 6.07) is 11.4. The molecule has 0 bridgehead atoms. The predicted molar refractivity (Wildman–Crippen MR) is 111 cm³/mol. The van der Waals surface area contributed by atoms with Gasteiger partial charge in [0.05, 0.1) is 12.2 Å². The van der Waals surface area contributed by atoms with E-state index in [0.29, 0.717) is 35.2 Å². The SMILES string of the molecule is CCOC(=O)C(C)Oc1ccc2c(c1C)O/C(=C\c1ccc(C(C)C)cc1)C2=O. The largest absolute Gasteiger partial charge is 0.479 e. The van der Waals surface area contributed by atoms with Crippen molar-refractivity contribution in [1.82, 2.24) is 0 Å². The van der Waals surface area contributed by atoms with E-state index in [-0.39, 0.29) is 11.5 Å². The van der Waals surface area contributed by atoms with Gasteiger partial charge in [0, 0.05) is 5.56 Å². The lowest BCUT2D eigenvalue weighted by Crippen LogP contribution is -2.26. The monoisotopic (exact) mass is 394 g/mol. The number of carbonyl (C=O) groups is 2. The molecule has 0 N–H and O–H groups in total. The Morgan fingerprint density at radius 3 is 2.41 bits per heavy atom. The second-order valence-electron chi connectivity index (χ2n) is 7.34. The van der Waals surface area contributed by atoms with E-state index in [0.717, 1.165) is 5.56 Å². The van der Waals surface area contributed by atoms with Gasteiger partial charge in [-0.15, -0.1) is 0 Å². The molecule has 1 aliphatic heterocycles. The molecule has 29 heavy (non-hydrogen) atoms. The van der Waals surface area contributed by atoms with Crippen molar-refractivity contribution in [2.24, 2.45) is 0 Å². The molecule has 0 amide bonds. The second-order valence-corrected chi connectivity index (χ2v) is 7.34. The fraction of sp³-hybridized carbons (Fsp3) is 0.333. The lowest BCUT2D eigenvalue weighted by molar-refractivity contribution is -0.150. The zero-order valence-electron chi connectivity index (χ0n) is 17.4. The van der Waals surface area contributed by atoms with Crippen molar-refractivity contribution in [3.05, 3.63) is 64.4 Å². The van der Waals surface area contributed by atoms with Crippen LogP contribution in [0.1, 0.15) is 60.7 Å². The average Bonchev–Trinajstić information content (AvgIpc) is 3.01. The number of allylic oxidation sites excluding steroid dienone is 1. The highest BCUT2D eigenvalue weighted by atomic mass is 16.6. The number of ether oxygens (including phenoxy) is 3. The van der Waals surface area contributed by atoms with Crippen LogP contribution in [-0.2, 0) is 9.53 Å². The van der Waals surface area contributed by atoms with Gasteiger partial charge in [-0.25, -0.2) is 4.79 Å². The molecule has 0 saturated heterocycles. The Bertz CT molecular complexity index is 954. The second kappa shape index (κ2) is 8.52. The van der Waals surface area contributed by atoms with Crippen molar-refractivity contribution in [3.8, 4) is 11.5 Å². The number of rotatable bonds is 6. The number of esters is 1. The Morgan fingerprint density at radius 2 is 1.79 bits per heavy atom. The number of carbonyl (C=O) groups excluding carboxylic acids is 2. The number of ketones is 1. The van der Waals surface area contributed by atoms with Gasteiger partial charge in [0.25, 0.3) is 0 Å². The van der Waals surface area contributed by atoms with E-state index in [1.54, 1.807) is 39.0 Å². The van der Waals surface area contributed by atoms with E-state index in [1.165, 1.54) is 5.56 Å². The zero-order chi connectivity index (χ0) is 21.1. The van der Waals surface area contributed by atoms with Gasteiger partial charge in [0.1, 0.15) is 11.5 Å². The maximum atomic E-state index is 12.7. The van der Waals surface area contributed by atoms with Crippen LogP contribution in [0.25, 0.3) is 6.08 Å². The summed E-state index contributed by atoms with van der Waals surface area (Å²) in [6.45, 7) is 9.75. The standard InChI is InChI=1S/C24H26O5/c1-6-27-24(26)16(5)28-20-12-11-19-22(25)21(29-23(19)15(20)4)13-17-7-9-18(10-8-17)14(2)3/h7-14,16H,6H2,1-5H3/b21-13-. The first-order chi connectivity index (χ1) is 13.8. The first-order valence-electron chi connectivity index (χ1n) is 9.83. The lowest BCUT2D eigenvalue weighted by atomic mass is 10.0. The molecule has 0 aromatic heterocycles. The molecule has 0 radical (unpaired) electrons. The summed E-state index contributed by atoms with van der Waals surface area (Å²) in [5, 5.41) is 0. The molecule has 0 fully saturated rings. The Hall–Kier alpha value is -3.08. The van der Waals surface area contributed by atoms with Gasteiger partial charge in [-0.1, -0.05) is 38.1 Å². The third-order valence-electron chi connectivity index (χ3n) is 4.86. The van der Waals surface area contributed by atoms with E-state index in [4.69, 9.17) is 14.2 Å². The van der Waals surface area contributed by atoms with Gasteiger partial charge >= 0.3 is 5.97 Å². The fourth-order valence-electron chi connectivity index (χ4n) is 3.12. The lowest BCUT2D eigenvalue weighted by Gasteiger charge is -2.16. The summed E-state index contributed by atoms with van der Waals surface area (Å²) in [5.74, 6) is 1.07. The van der Waals surface area contributed by atoms with Gasteiger partial charge in [0.2, 0.25) is 5.78 Å². The summed E-state index contributed by atoms with van der Waals surface area (Å²) in [6.07, 6.45) is 0.992. The number of benzene rings is 2. The van der Waals surface area contributed by atoms with Crippen LogP contribution in [0.4, 0.5) is 0 Å². The van der Waals surface area contributed by atoms with Crippen LogP contribution in [-0.4, -0.2) is 24.5 Å². The quantitative estimate of drug-likeness (QED) is 0.506. The van der Waals surface area contributed by atoms with E-state index in [2.05, 4.69) is 26.0 Å². The predicted octanol–water partition coefficient (Wildman–Crippen LogP) is 5.07. The van der Waals surface area contributed by atoms with Crippen LogP contribution in [0, 0.1) is 6.92 Å². The molecule has 2 aromatic rings. The van der Waals surface area contributed by atoms with Gasteiger partial charge in [-0.3, -0.25) is 4.79 Å². The third-order valence-corrected chi connectivity index (χ3v) is 4.86. The molecule has 5 heteroatoms. The fourth-order valence-corrected chi connectivity index (χ4v) is 3.12. The summed E-state index contributed by atoms with van der Waals surface area (Å²) in [5.41, 5.74) is 3.30. The first kappa shape index (κ1) is 20.6. The van der Waals surface area contributed by atoms with Gasteiger partial charge in [-0.2, -0.15) is 0 Å². The topological polar surface area (TPSA) is 61.8 Å². The minimum absolute atomic E-state index is 0.166. The van der Waals surface area contributed by atoms with Crippen LogP contribution in [0.2, 0.25) is 0 Å². The van der Waals surface area contributed by atoms with Gasteiger partial charge in [0.15, 0.2) is 11.9 Å². The number of hydrogen-bond acceptors (Lipinski definition) is 5. The summed E-state index contributed by atoms with van der Waals surface area (Å²) in [7, 11) is 0. The number of hydrogen-bond donors (Lipinski definition) is 0. The smallest absolute Gasteiger partial charge is 0.347 e. The van der Waals surface area contributed by atoms with Crippen molar-refractivity contribution in [2.45, 2.75) is 46.6 Å². The van der Waals surface area contributed by atoms with Crippen molar-refractivity contribution >= 4 is 17.8 Å². The molecule has 0 aliphatic carbocycles. The Labute approximate surface area is 171 Å². The average molecular weight is 394 g/mol.